The van der Waals surface area contributed by atoms with Crippen molar-refractivity contribution in [1.82, 2.24) is 10.2 Å². The number of fused-ring (bicyclic) bond motifs is 2. The molecule has 2 unspecified atom stereocenters. The van der Waals surface area contributed by atoms with Crippen molar-refractivity contribution in [3.05, 3.63) is 0 Å². The maximum atomic E-state index is 12.4. The predicted molar refractivity (Wildman–Crippen MR) is 82.0 cm³/mol. The Morgan fingerprint density at radius 1 is 1.10 bits per heavy atom. The fourth-order valence-electron chi connectivity index (χ4n) is 4.06. The van der Waals surface area contributed by atoms with Crippen molar-refractivity contribution in [2.75, 3.05) is 0 Å². The fraction of sp³-hybridized carbons (Fsp3) is 0.938. The molecule has 2 aliphatic heterocycles. The third-order valence-corrected chi connectivity index (χ3v) is 4.98. The standard InChI is InChI=1S/C16H29N3O2/c1-16(2,3)21-15(20)19-13-4-5-14(19)9-12(8-13)18-11-6-10(17)7-11/h10-14,18H,4-9,17H2,1-3H3. The zero-order valence-corrected chi connectivity index (χ0v) is 13.5. The summed E-state index contributed by atoms with van der Waals surface area (Å²) in [6.45, 7) is 5.79. The number of hydrogen-bond acceptors (Lipinski definition) is 4. The highest BCUT2D eigenvalue weighted by atomic mass is 16.6. The number of rotatable bonds is 2. The highest BCUT2D eigenvalue weighted by Crippen LogP contribution is 2.37. The largest absolute Gasteiger partial charge is 0.444 e. The van der Waals surface area contributed by atoms with E-state index in [-0.39, 0.29) is 6.09 Å². The molecule has 1 aliphatic carbocycles. The van der Waals surface area contributed by atoms with E-state index in [1.807, 2.05) is 25.7 Å². The molecule has 2 saturated heterocycles. The van der Waals surface area contributed by atoms with Crippen LogP contribution in [0.15, 0.2) is 0 Å². The molecule has 0 radical (unpaired) electrons. The Balaban J connectivity index is 1.55. The maximum Gasteiger partial charge on any atom is 0.410 e. The third kappa shape index (κ3) is 3.34. The van der Waals surface area contributed by atoms with Crippen LogP contribution < -0.4 is 11.1 Å². The smallest absolute Gasteiger partial charge is 0.410 e. The Morgan fingerprint density at radius 3 is 2.10 bits per heavy atom. The van der Waals surface area contributed by atoms with Crippen molar-refractivity contribution in [2.24, 2.45) is 5.73 Å². The molecule has 0 aromatic rings. The van der Waals surface area contributed by atoms with Crippen LogP contribution in [0, 0.1) is 0 Å². The van der Waals surface area contributed by atoms with Crippen LogP contribution in [-0.2, 0) is 4.74 Å². The summed E-state index contributed by atoms with van der Waals surface area (Å²) >= 11 is 0. The number of nitrogens with one attached hydrogen (secondary N) is 1. The zero-order chi connectivity index (χ0) is 15.2. The van der Waals surface area contributed by atoms with Gasteiger partial charge in [-0.3, -0.25) is 0 Å². The van der Waals surface area contributed by atoms with Crippen molar-refractivity contribution in [3.63, 3.8) is 0 Å². The van der Waals surface area contributed by atoms with Crippen LogP contribution in [-0.4, -0.2) is 46.8 Å². The van der Waals surface area contributed by atoms with Gasteiger partial charge in [0.1, 0.15) is 5.60 Å². The van der Waals surface area contributed by atoms with E-state index in [1.54, 1.807) is 0 Å². The molecule has 21 heavy (non-hydrogen) atoms. The quantitative estimate of drug-likeness (QED) is 0.817. The number of amides is 1. The third-order valence-electron chi connectivity index (χ3n) is 4.98. The topological polar surface area (TPSA) is 67.6 Å². The highest BCUT2D eigenvalue weighted by Gasteiger charge is 2.45. The first-order valence-corrected chi connectivity index (χ1v) is 8.35. The van der Waals surface area contributed by atoms with Crippen LogP contribution in [0.3, 0.4) is 0 Å². The second kappa shape index (κ2) is 5.43. The number of ether oxygens (including phenoxy) is 1. The molecule has 3 fully saturated rings. The summed E-state index contributed by atoms with van der Waals surface area (Å²) in [5.74, 6) is 0. The van der Waals surface area contributed by atoms with Gasteiger partial charge in [-0.1, -0.05) is 0 Å². The lowest BCUT2D eigenvalue weighted by molar-refractivity contribution is 0.00370. The molecule has 2 heterocycles. The summed E-state index contributed by atoms with van der Waals surface area (Å²) in [5, 5.41) is 3.74. The summed E-state index contributed by atoms with van der Waals surface area (Å²) in [7, 11) is 0. The number of nitrogens with two attached hydrogens (primary N) is 1. The monoisotopic (exact) mass is 295 g/mol. The molecule has 0 spiro atoms. The lowest BCUT2D eigenvalue weighted by Gasteiger charge is -2.43. The van der Waals surface area contributed by atoms with Gasteiger partial charge >= 0.3 is 6.09 Å². The van der Waals surface area contributed by atoms with Crippen LogP contribution in [0.1, 0.15) is 59.3 Å². The van der Waals surface area contributed by atoms with Crippen molar-refractivity contribution >= 4 is 6.09 Å². The van der Waals surface area contributed by atoms with E-state index in [4.69, 9.17) is 10.5 Å². The molecule has 3 N–H and O–H groups in total. The molecule has 3 rings (SSSR count). The van der Waals surface area contributed by atoms with Gasteiger partial charge < -0.3 is 20.7 Å². The first-order chi connectivity index (χ1) is 9.82. The van der Waals surface area contributed by atoms with Crippen molar-refractivity contribution < 1.29 is 9.53 Å². The van der Waals surface area contributed by atoms with Crippen LogP contribution in [0.25, 0.3) is 0 Å². The van der Waals surface area contributed by atoms with Crippen LogP contribution in [0.4, 0.5) is 4.79 Å². The van der Waals surface area contributed by atoms with E-state index in [2.05, 4.69) is 5.32 Å². The Labute approximate surface area is 127 Å². The van der Waals surface area contributed by atoms with E-state index < -0.39 is 5.60 Å². The SMILES string of the molecule is CC(C)(C)OC(=O)N1C2CCC1CC(NC1CC(N)C1)C2. The van der Waals surface area contributed by atoms with Crippen molar-refractivity contribution in [3.8, 4) is 0 Å². The van der Waals surface area contributed by atoms with Gasteiger partial charge in [-0.05, 0) is 59.3 Å². The van der Waals surface area contributed by atoms with Crippen LogP contribution in [0.5, 0.6) is 0 Å². The first-order valence-electron chi connectivity index (χ1n) is 8.35. The molecular formula is C16H29N3O2. The summed E-state index contributed by atoms with van der Waals surface area (Å²) in [6, 6.07) is 2.23. The molecule has 1 amide bonds. The molecule has 1 saturated carbocycles. The second-order valence-corrected chi connectivity index (χ2v) is 8.04. The molecule has 2 atom stereocenters. The Kier molecular flexibility index (Phi) is 3.91. The first kappa shape index (κ1) is 15.1. The minimum absolute atomic E-state index is 0.126. The van der Waals surface area contributed by atoms with Crippen molar-refractivity contribution in [2.45, 2.75) is 95.1 Å². The Hall–Kier alpha value is -0.810. The average molecular weight is 295 g/mol. The molecule has 5 heteroatoms. The normalized spacial score (nSPS) is 39.0. The van der Waals surface area contributed by atoms with E-state index >= 15 is 0 Å². The van der Waals surface area contributed by atoms with Gasteiger partial charge in [0, 0.05) is 30.2 Å². The maximum absolute atomic E-state index is 12.4. The van der Waals surface area contributed by atoms with Gasteiger partial charge in [0.2, 0.25) is 0 Å². The van der Waals surface area contributed by atoms with Gasteiger partial charge in [-0.15, -0.1) is 0 Å². The number of hydrogen-bond donors (Lipinski definition) is 2. The summed E-state index contributed by atoms with van der Waals surface area (Å²) in [6.07, 6.45) is 6.42. The van der Waals surface area contributed by atoms with E-state index in [0.717, 1.165) is 38.5 Å². The highest BCUT2D eigenvalue weighted by molar-refractivity contribution is 5.69. The van der Waals surface area contributed by atoms with Gasteiger partial charge in [-0.25, -0.2) is 4.79 Å². The molecule has 0 aromatic heterocycles. The average Bonchev–Trinajstić information content (AvgIpc) is 2.57. The molecule has 120 valence electrons. The van der Waals surface area contributed by atoms with Gasteiger partial charge in [-0.2, -0.15) is 0 Å². The number of piperidine rings is 1. The van der Waals surface area contributed by atoms with E-state index in [9.17, 15) is 4.79 Å². The van der Waals surface area contributed by atoms with Crippen LogP contribution >= 0.6 is 0 Å². The molecule has 3 aliphatic rings. The Morgan fingerprint density at radius 2 is 1.62 bits per heavy atom. The molecule has 5 nitrogen and oxygen atoms in total. The summed E-state index contributed by atoms with van der Waals surface area (Å²) in [4.78, 5) is 14.4. The van der Waals surface area contributed by atoms with Crippen molar-refractivity contribution in [1.29, 1.82) is 0 Å². The van der Waals surface area contributed by atoms with E-state index in [0.29, 0.717) is 30.2 Å². The Bertz CT molecular complexity index is 387. The fourth-order valence-corrected chi connectivity index (χ4v) is 4.06. The van der Waals surface area contributed by atoms with Gasteiger partial charge in [0.25, 0.3) is 0 Å². The van der Waals surface area contributed by atoms with E-state index in [1.165, 1.54) is 0 Å². The molecule has 0 aromatic carbocycles. The number of carbonyl (C=O) groups is 1. The lowest BCUT2D eigenvalue weighted by atomic mass is 9.85. The molecule has 2 bridgehead atoms. The molecular weight excluding hydrogens is 266 g/mol. The second-order valence-electron chi connectivity index (χ2n) is 8.04. The summed E-state index contributed by atoms with van der Waals surface area (Å²) < 4.78 is 5.57. The van der Waals surface area contributed by atoms with Gasteiger partial charge in [0.15, 0.2) is 0 Å². The zero-order valence-electron chi connectivity index (χ0n) is 13.5. The minimum Gasteiger partial charge on any atom is -0.444 e. The minimum atomic E-state index is -0.409. The number of carbonyl (C=O) groups excluding carboxylic acids is 1. The predicted octanol–water partition coefficient (Wildman–Crippen LogP) is 2.00. The number of nitrogens with zero attached hydrogens (tertiary/aromatic N) is 1. The van der Waals surface area contributed by atoms with Crippen LogP contribution in [0.2, 0.25) is 0 Å². The summed E-state index contributed by atoms with van der Waals surface area (Å²) in [5.41, 5.74) is 5.44. The van der Waals surface area contributed by atoms with Gasteiger partial charge in [0.05, 0.1) is 0 Å². The lowest BCUT2D eigenvalue weighted by Crippen LogP contribution is -2.57.